The van der Waals surface area contributed by atoms with E-state index in [0.717, 1.165) is 80.0 Å². The van der Waals surface area contributed by atoms with Crippen molar-refractivity contribution in [3.8, 4) is 11.3 Å². The van der Waals surface area contributed by atoms with Crippen molar-refractivity contribution in [3.05, 3.63) is 36.4 Å². The fourth-order valence-electron chi connectivity index (χ4n) is 5.11. The molecule has 1 aliphatic carbocycles. The van der Waals surface area contributed by atoms with Gasteiger partial charge in [-0.3, -0.25) is 0 Å². The van der Waals surface area contributed by atoms with Crippen molar-refractivity contribution < 1.29 is 5.11 Å². The number of aliphatic hydroxyl groups is 1. The molecule has 12 nitrogen and oxygen atoms in total. The van der Waals surface area contributed by atoms with Gasteiger partial charge in [0.2, 0.25) is 5.95 Å². The Morgan fingerprint density at radius 1 is 1.11 bits per heavy atom. The summed E-state index contributed by atoms with van der Waals surface area (Å²) in [5, 5.41) is 31.2. The molecule has 0 radical (unpaired) electrons. The van der Waals surface area contributed by atoms with Gasteiger partial charge in [0.15, 0.2) is 5.65 Å². The minimum Gasteiger partial charge on any atom is -0.391 e. The van der Waals surface area contributed by atoms with Gasteiger partial charge in [-0.15, -0.1) is 5.10 Å². The molecule has 1 saturated heterocycles. The highest BCUT2D eigenvalue weighted by Crippen LogP contribution is 2.30. The Hall–Kier alpha value is -3.64. The quantitative estimate of drug-likeness (QED) is 0.365. The van der Waals surface area contributed by atoms with Crippen molar-refractivity contribution in [2.24, 2.45) is 0 Å². The van der Waals surface area contributed by atoms with Gasteiger partial charge in [0.05, 0.1) is 30.3 Å². The van der Waals surface area contributed by atoms with Crippen molar-refractivity contribution in [3.63, 3.8) is 0 Å². The van der Waals surface area contributed by atoms with Crippen molar-refractivity contribution in [2.45, 2.75) is 44.4 Å². The van der Waals surface area contributed by atoms with Gasteiger partial charge in [0, 0.05) is 51.2 Å². The maximum Gasteiger partial charge on any atom is 0.224 e. The molecule has 188 valence electrons. The predicted octanol–water partition coefficient (Wildman–Crippen LogP) is 1.46. The number of fused-ring (bicyclic) bond motifs is 1. The number of piperazine rings is 1. The zero-order valence-corrected chi connectivity index (χ0v) is 20.4. The minimum absolute atomic E-state index is 0.0246. The molecule has 0 amide bonds. The summed E-state index contributed by atoms with van der Waals surface area (Å²) in [5.74, 6) is 1.50. The van der Waals surface area contributed by atoms with Crippen LogP contribution < -0.4 is 15.5 Å². The molecule has 6 rings (SSSR count). The highest BCUT2D eigenvalue weighted by molar-refractivity contribution is 5.91. The van der Waals surface area contributed by atoms with Crippen LogP contribution in [0.1, 0.15) is 37.4 Å². The largest absolute Gasteiger partial charge is 0.391 e. The number of nitrogens with one attached hydrogen (secondary N) is 2. The first-order valence-electron chi connectivity index (χ1n) is 12.6. The van der Waals surface area contributed by atoms with E-state index in [0.29, 0.717) is 18.1 Å². The third kappa shape index (κ3) is 4.37. The second-order valence-electron chi connectivity index (χ2n) is 9.44. The lowest BCUT2D eigenvalue weighted by Crippen LogP contribution is -2.43. The average Bonchev–Trinajstić information content (AvgIpc) is 3.54. The van der Waals surface area contributed by atoms with E-state index in [1.807, 2.05) is 17.1 Å². The molecular weight excluding hydrogens is 458 g/mol. The summed E-state index contributed by atoms with van der Waals surface area (Å²) in [6, 6.07) is 4.09. The van der Waals surface area contributed by atoms with Gasteiger partial charge in [0.25, 0.3) is 0 Å². The molecule has 0 bridgehead atoms. The van der Waals surface area contributed by atoms with Crippen LogP contribution in [-0.4, -0.2) is 84.2 Å². The van der Waals surface area contributed by atoms with Crippen LogP contribution in [-0.2, 0) is 6.54 Å². The van der Waals surface area contributed by atoms with Gasteiger partial charge in [-0.2, -0.15) is 10.1 Å². The van der Waals surface area contributed by atoms with Crippen LogP contribution in [0.15, 0.2) is 30.7 Å². The number of hydrogen-bond donors (Lipinski definition) is 3. The molecule has 2 atom stereocenters. The highest BCUT2D eigenvalue weighted by atomic mass is 16.3. The van der Waals surface area contributed by atoms with E-state index in [1.54, 1.807) is 17.9 Å². The first-order chi connectivity index (χ1) is 17.7. The molecule has 1 aliphatic heterocycles. The van der Waals surface area contributed by atoms with Gasteiger partial charge >= 0.3 is 0 Å². The summed E-state index contributed by atoms with van der Waals surface area (Å²) in [6.45, 7) is 4.24. The highest BCUT2D eigenvalue weighted by Gasteiger charge is 2.26. The Morgan fingerprint density at radius 3 is 2.75 bits per heavy atom. The predicted molar refractivity (Wildman–Crippen MR) is 136 cm³/mol. The summed E-state index contributed by atoms with van der Waals surface area (Å²) < 4.78 is 3.64. The standard InChI is InChI=1S/C24H31N11O/c1-25-24-28-13-18-22(16-6-7-21(27-12-16)33-10-8-26-9-11-33)31-35(23(18)29-24)15-17-14-34(32-30-17)19-4-2-3-5-20(19)36/h6-7,12-14,19-20,26,36H,2-5,8-11,15H2,1H3,(H,25,28,29). The van der Waals surface area contributed by atoms with Crippen LogP contribution in [0.5, 0.6) is 0 Å². The van der Waals surface area contributed by atoms with E-state index < -0.39 is 0 Å². The lowest BCUT2D eigenvalue weighted by atomic mass is 9.93. The molecule has 2 aliphatic rings. The fourth-order valence-corrected chi connectivity index (χ4v) is 5.11. The lowest BCUT2D eigenvalue weighted by Gasteiger charge is -2.28. The molecule has 12 heteroatoms. The van der Waals surface area contributed by atoms with Gasteiger partial charge in [-0.05, 0) is 25.0 Å². The number of nitrogens with zero attached hydrogens (tertiary/aromatic N) is 9. The van der Waals surface area contributed by atoms with Crippen molar-refractivity contribution >= 4 is 22.8 Å². The Labute approximate surface area is 208 Å². The molecule has 3 N–H and O–H groups in total. The van der Waals surface area contributed by atoms with E-state index in [1.165, 1.54) is 0 Å². The molecule has 4 aromatic rings. The smallest absolute Gasteiger partial charge is 0.224 e. The zero-order chi connectivity index (χ0) is 24.5. The van der Waals surface area contributed by atoms with Gasteiger partial charge in [0.1, 0.15) is 17.2 Å². The van der Waals surface area contributed by atoms with E-state index in [4.69, 9.17) is 10.1 Å². The van der Waals surface area contributed by atoms with Gasteiger partial charge < -0.3 is 20.6 Å². The Bertz CT molecular complexity index is 1330. The van der Waals surface area contributed by atoms with E-state index in [2.05, 4.69) is 47.9 Å². The van der Waals surface area contributed by atoms with Crippen LogP contribution >= 0.6 is 0 Å². The monoisotopic (exact) mass is 489 g/mol. The molecule has 1 saturated carbocycles. The molecule has 5 heterocycles. The second-order valence-corrected chi connectivity index (χ2v) is 9.44. The fraction of sp³-hybridized carbons (Fsp3) is 0.500. The minimum atomic E-state index is -0.381. The van der Waals surface area contributed by atoms with Crippen LogP contribution in [0.4, 0.5) is 11.8 Å². The molecule has 2 unspecified atom stereocenters. The molecular formula is C24H31N11O. The van der Waals surface area contributed by atoms with E-state index in [-0.39, 0.29) is 12.1 Å². The number of pyridine rings is 1. The average molecular weight is 490 g/mol. The van der Waals surface area contributed by atoms with E-state index >= 15 is 0 Å². The molecule has 2 fully saturated rings. The number of rotatable bonds is 6. The maximum absolute atomic E-state index is 10.4. The van der Waals surface area contributed by atoms with Crippen LogP contribution in [0, 0.1) is 0 Å². The third-order valence-corrected chi connectivity index (χ3v) is 7.08. The van der Waals surface area contributed by atoms with Crippen LogP contribution in [0.3, 0.4) is 0 Å². The number of aromatic nitrogens is 8. The van der Waals surface area contributed by atoms with E-state index in [9.17, 15) is 5.11 Å². The summed E-state index contributed by atoms with van der Waals surface area (Å²) >= 11 is 0. The lowest BCUT2D eigenvalue weighted by molar-refractivity contribution is 0.0685. The summed E-state index contributed by atoms with van der Waals surface area (Å²) in [4.78, 5) is 16.1. The summed E-state index contributed by atoms with van der Waals surface area (Å²) in [7, 11) is 1.79. The zero-order valence-electron chi connectivity index (χ0n) is 20.4. The SMILES string of the molecule is CNc1ncc2c(-c3ccc(N4CCNCC4)nc3)nn(Cc3cn(C4CCCCC4O)nn3)c2n1. The van der Waals surface area contributed by atoms with Gasteiger partial charge in [-0.1, -0.05) is 18.1 Å². The number of anilines is 2. The molecule has 36 heavy (non-hydrogen) atoms. The molecule has 0 aromatic carbocycles. The van der Waals surface area contributed by atoms with Crippen molar-refractivity contribution in [2.75, 3.05) is 43.4 Å². The van der Waals surface area contributed by atoms with Crippen molar-refractivity contribution in [1.82, 2.24) is 45.0 Å². The summed E-state index contributed by atoms with van der Waals surface area (Å²) in [6.07, 6.45) is 9.06. The first-order valence-corrected chi connectivity index (χ1v) is 12.6. The van der Waals surface area contributed by atoms with Gasteiger partial charge in [-0.25, -0.2) is 19.3 Å². The van der Waals surface area contributed by atoms with Crippen LogP contribution in [0.2, 0.25) is 0 Å². The summed E-state index contributed by atoms with van der Waals surface area (Å²) in [5.41, 5.74) is 3.16. The normalized spacial score (nSPS) is 20.7. The Balaban J connectivity index is 1.31. The Morgan fingerprint density at radius 2 is 1.97 bits per heavy atom. The number of aliphatic hydroxyl groups excluding tert-OH is 1. The molecule has 4 aromatic heterocycles. The Kier molecular flexibility index (Phi) is 6.20. The topological polar surface area (TPSA) is 135 Å². The first kappa shape index (κ1) is 22.8. The number of hydrogen-bond acceptors (Lipinski definition) is 10. The third-order valence-electron chi connectivity index (χ3n) is 7.08. The molecule has 0 spiro atoms. The second kappa shape index (κ2) is 9.78. The van der Waals surface area contributed by atoms with Crippen molar-refractivity contribution in [1.29, 1.82) is 0 Å². The maximum atomic E-state index is 10.4. The van der Waals surface area contributed by atoms with Crippen LogP contribution in [0.25, 0.3) is 22.3 Å².